The molecule has 27 heavy (non-hydrogen) atoms. The predicted octanol–water partition coefficient (Wildman–Crippen LogP) is 3.64. The summed E-state index contributed by atoms with van der Waals surface area (Å²) in [5.41, 5.74) is 2.55. The minimum Gasteiger partial charge on any atom is -0.441 e. The number of hydrogen-bond acceptors (Lipinski definition) is 5. The van der Waals surface area contributed by atoms with Crippen LogP contribution in [-0.4, -0.2) is 20.7 Å². The van der Waals surface area contributed by atoms with Gasteiger partial charge in [-0.15, -0.1) is 0 Å². The Kier molecular flexibility index (Phi) is 5.36. The average molecular weight is 363 g/mol. The van der Waals surface area contributed by atoms with Gasteiger partial charge < -0.3 is 9.73 Å². The summed E-state index contributed by atoms with van der Waals surface area (Å²) in [5.74, 6) is 1.82. The van der Waals surface area contributed by atoms with Gasteiger partial charge in [0.1, 0.15) is 17.5 Å². The molecule has 0 aliphatic heterocycles. The summed E-state index contributed by atoms with van der Waals surface area (Å²) in [7, 11) is 1.67. The predicted molar refractivity (Wildman–Crippen MR) is 101 cm³/mol. The van der Waals surface area contributed by atoms with E-state index in [1.807, 2.05) is 18.2 Å². The number of anilines is 1. The fourth-order valence-corrected chi connectivity index (χ4v) is 2.67. The second kappa shape index (κ2) is 7.87. The van der Waals surface area contributed by atoms with E-state index in [-0.39, 0.29) is 12.3 Å². The number of aromatic nitrogens is 3. The minimum atomic E-state index is -0.226. The second-order valence-corrected chi connectivity index (χ2v) is 6.59. The lowest BCUT2D eigenvalue weighted by molar-refractivity contribution is -0.116. The standard InChI is InChI=1S/C20H21N5O2/c1-13(2)14-4-6-15(7-5-14)17-12-22-19(27-17)9-8-18(26)24-20-16(10-21)11-23-25(20)3/h4-7,11-13H,8-9H2,1-3H3,(H,24,26). The maximum Gasteiger partial charge on any atom is 0.226 e. The van der Waals surface area contributed by atoms with Crippen molar-refractivity contribution in [3.05, 3.63) is 53.7 Å². The third-order valence-electron chi connectivity index (χ3n) is 4.30. The summed E-state index contributed by atoms with van der Waals surface area (Å²) in [6.07, 6.45) is 3.66. The number of carbonyl (C=O) groups excluding carboxylic acids is 1. The fourth-order valence-electron chi connectivity index (χ4n) is 2.67. The van der Waals surface area contributed by atoms with Crippen LogP contribution in [0.25, 0.3) is 11.3 Å². The van der Waals surface area contributed by atoms with Crippen LogP contribution >= 0.6 is 0 Å². The molecule has 2 heterocycles. The first kappa shape index (κ1) is 18.4. The van der Waals surface area contributed by atoms with E-state index >= 15 is 0 Å². The molecule has 1 amide bonds. The van der Waals surface area contributed by atoms with Crippen LogP contribution in [0.4, 0.5) is 5.82 Å². The van der Waals surface area contributed by atoms with Gasteiger partial charge in [0.15, 0.2) is 11.7 Å². The Balaban J connectivity index is 1.60. The highest BCUT2D eigenvalue weighted by Gasteiger charge is 2.13. The Hall–Kier alpha value is -3.40. The van der Waals surface area contributed by atoms with Crippen LogP contribution in [0.15, 0.2) is 41.1 Å². The first-order valence-corrected chi connectivity index (χ1v) is 8.75. The number of nitrogens with one attached hydrogen (secondary N) is 1. The smallest absolute Gasteiger partial charge is 0.226 e. The molecule has 3 aromatic rings. The van der Waals surface area contributed by atoms with Crippen molar-refractivity contribution in [2.24, 2.45) is 7.05 Å². The molecule has 2 aromatic heterocycles. The number of oxazole rings is 1. The van der Waals surface area contributed by atoms with Gasteiger partial charge in [-0.3, -0.25) is 9.48 Å². The zero-order chi connectivity index (χ0) is 19.4. The molecule has 0 saturated carbocycles. The van der Waals surface area contributed by atoms with Gasteiger partial charge in [0.25, 0.3) is 0 Å². The lowest BCUT2D eigenvalue weighted by Crippen LogP contribution is -2.15. The molecule has 1 aromatic carbocycles. The maximum absolute atomic E-state index is 12.2. The van der Waals surface area contributed by atoms with E-state index < -0.39 is 0 Å². The Morgan fingerprint density at radius 2 is 2.04 bits per heavy atom. The highest BCUT2D eigenvalue weighted by atomic mass is 16.4. The number of hydrogen-bond donors (Lipinski definition) is 1. The molecule has 0 saturated heterocycles. The van der Waals surface area contributed by atoms with Crippen molar-refractivity contribution >= 4 is 11.7 Å². The topological polar surface area (TPSA) is 96.7 Å². The first-order valence-electron chi connectivity index (χ1n) is 8.75. The largest absolute Gasteiger partial charge is 0.441 e. The average Bonchev–Trinajstić information content (AvgIpc) is 3.27. The Morgan fingerprint density at radius 3 is 2.70 bits per heavy atom. The quantitative estimate of drug-likeness (QED) is 0.721. The van der Waals surface area contributed by atoms with Crippen LogP contribution in [0.3, 0.4) is 0 Å². The van der Waals surface area contributed by atoms with Crippen molar-refractivity contribution in [1.29, 1.82) is 5.26 Å². The summed E-state index contributed by atoms with van der Waals surface area (Å²) in [6, 6.07) is 10.2. The van der Waals surface area contributed by atoms with Gasteiger partial charge >= 0.3 is 0 Å². The first-order chi connectivity index (χ1) is 13.0. The number of aryl methyl sites for hydroxylation is 2. The van der Waals surface area contributed by atoms with Gasteiger partial charge in [0.05, 0.1) is 12.4 Å². The molecule has 0 spiro atoms. The number of nitriles is 1. The number of rotatable bonds is 6. The van der Waals surface area contributed by atoms with Crippen LogP contribution < -0.4 is 5.32 Å². The summed E-state index contributed by atoms with van der Waals surface area (Å²) in [6.45, 7) is 4.30. The van der Waals surface area contributed by atoms with Crippen molar-refractivity contribution in [2.45, 2.75) is 32.6 Å². The molecule has 138 valence electrons. The summed E-state index contributed by atoms with van der Waals surface area (Å²) in [5, 5.41) is 15.7. The lowest BCUT2D eigenvalue weighted by Gasteiger charge is -2.05. The van der Waals surface area contributed by atoms with Gasteiger partial charge in [0.2, 0.25) is 5.91 Å². The molecule has 7 heteroatoms. The molecule has 0 aliphatic rings. The number of nitrogens with zero attached hydrogens (tertiary/aromatic N) is 4. The van der Waals surface area contributed by atoms with Crippen molar-refractivity contribution in [1.82, 2.24) is 14.8 Å². The molecule has 7 nitrogen and oxygen atoms in total. The van der Waals surface area contributed by atoms with E-state index in [2.05, 4.69) is 41.4 Å². The number of carbonyl (C=O) groups is 1. The monoisotopic (exact) mass is 363 g/mol. The van der Waals surface area contributed by atoms with E-state index in [0.717, 1.165) is 5.56 Å². The molecule has 1 N–H and O–H groups in total. The molecular weight excluding hydrogens is 342 g/mol. The van der Waals surface area contributed by atoms with Crippen LogP contribution in [0.1, 0.15) is 43.2 Å². The SMILES string of the molecule is CC(C)c1ccc(-c2cnc(CCC(=O)Nc3c(C#N)cnn3C)o2)cc1. The van der Waals surface area contributed by atoms with Gasteiger partial charge in [-0.05, 0) is 11.5 Å². The fraction of sp³-hybridized carbons (Fsp3) is 0.300. The lowest BCUT2D eigenvalue weighted by atomic mass is 10.0. The molecule has 0 unspecified atom stereocenters. The number of benzene rings is 1. The zero-order valence-corrected chi connectivity index (χ0v) is 15.6. The van der Waals surface area contributed by atoms with Gasteiger partial charge in [0, 0.05) is 25.5 Å². The Bertz CT molecular complexity index is 977. The highest BCUT2D eigenvalue weighted by Crippen LogP contribution is 2.24. The van der Waals surface area contributed by atoms with E-state index in [4.69, 9.17) is 9.68 Å². The Morgan fingerprint density at radius 1 is 1.30 bits per heavy atom. The van der Waals surface area contributed by atoms with E-state index in [0.29, 0.717) is 35.4 Å². The third-order valence-corrected chi connectivity index (χ3v) is 4.30. The molecule has 0 bridgehead atoms. The van der Waals surface area contributed by atoms with E-state index in [9.17, 15) is 4.79 Å². The third kappa shape index (κ3) is 4.23. The summed E-state index contributed by atoms with van der Waals surface area (Å²) >= 11 is 0. The number of amides is 1. The zero-order valence-electron chi connectivity index (χ0n) is 15.6. The summed E-state index contributed by atoms with van der Waals surface area (Å²) < 4.78 is 7.22. The molecular formula is C20H21N5O2. The van der Waals surface area contributed by atoms with Crippen LogP contribution in [0.5, 0.6) is 0 Å². The maximum atomic E-state index is 12.2. The summed E-state index contributed by atoms with van der Waals surface area (Å²) in [4.78, 5) is 16.4. The van der Waals surface area contributed by atoms with Crippen LogP contribution in [0.2, 0.25) is 0 Å². The minimum absolute atomic E-state index is 0.197. The van der Waals surface area contributed by atoms with Crippen LogP contribution in [0, 0.1) is 11.3 Å². The van der Waals surface area contributed by atoms with E-state index in [1.54, 1.807) is 13.2 Å². The second-order valence-electron chi connectivity index (χ2n) is 6.59. The van der Waals surface area contributed by atoms with Crippen molar-refractivity contribution in [3.8, 4) is 17.4 Å². The molecule has 0 radical (unpaired) electrons. The van der Waals surface area contributed by atoms with Gasteiger partial charge in [-0.25, -0.2) is 4.98 Å². The molecule has 3 rings (SSSR count). The van der Waals surface area contributed by atoms with Crippen molar-refractivity contribution < 1.29 is 9.21 Å². The van der Waals surface area contributed by atoms with Gasteiger partial charge in [-0.1, -0.05) is 38.1 Å². The van der Waals surface area contributed by atoms with Crippen molar-refractivity contribution in [2.75, 3.05) is 5.32 Å². The molecule has 0 aliphatic carbocycles. The van der Waals surface area contributed by atoms with E-state index in [1.165, 1.54) is 16.4 Å². The van der Waals surface area contributed by atoms with Gasteiger partial charge in [-0.2, -0.15) is 10.4 Å². The normalized spacial score (nSPS) is 10.8. The molecule has 0 fully saturated rings. The molecule has 0 atom stereocenters. The van der Waals surface area contributed by atoms with Crippen molar-refractivity contribution in [3.63, 3.8) is 0 Å². The highest BCUT2D eigenvalue weighted by molar-refractivity contribution is 5.91. The Labute approximate surface area is 157 Å². The van der Waals surface area contributed by atoms with Crippen LogP contribution in [-0.2, 0) is 18.3 Å².